The van der Waals surface area contributed by atoms with E-state index in [4.69, 9.17) is 0 Å². The number of aromatic nitrogens is 4. The standard InChI is InChI=1S/C14H21N5O/c1-7-5-11(6-8(2)15-7)19-13-12(9(3)18-19)14(20)17-10(4)16-13/h7-8,11,15H,5-6H2,1-4H3,(H,16,17,20)/t7-,8+,11?. The van der Waals surface area contributed by atoms with Gasteiger partial charge in [-0.25, -0.2) is 9.67 Å². The van der Waals surface area contributed by atoms with Crippen molar-refractivity contribution in [1.82, 2.24) is 25.1 Å². The quantitative estimate of drug-likeness (QED) is 0.825. The summed E-state index contributed by atoms with van der Waals surface area (Å²) in [4.78, 5) is 19.3. The minimum Gasteiger partial charge on any atom is -0.312 e. The Morgan fingerprint density at radius 2 is 1.85 bits per heavy atom. The van der Waals surface area contributed by atoms with Gasteiger partial charge in [0.05, 0.1) is 11.7 Å². The number of nitrogens with one attached hydrogen (secondary N) is 2. The Balaban J connectivity index is 2.14. The van der Waals surface area contributed by atoms with Crippen LogP contribution in [-0.4, -0.2) is 31.8 Å². The van der Waals surface area contributed by atoms with Crippen LogP contribution in [0.3, 0.4) is 0 Å². The molecular weight excluding hydrogens is 254 g/mol. The number of fused-ring (bicyclic) bond motifs is 1. The summed E-state index contributed by atoms with van der Waals surface area (Å²) in [6.45, 7) is 8.06. The maximum atomic E-state index is 12.1. The van der Waals surface area contributed by atoms with Crippen LogP contribution >= 0.6 is 0 Å². The predicted octanol–water partition coefficient (Wildman–Crippen LogP) is 1.44. The molecule has 0 aliphatic carbocycles. The van der Waals surface area contributed by atoms with Crippen molar-refractivity contribution < 1.29 is 0 Å². The van der Waals surface area contributed by atoms with Crippen LogP contribution < -0.4 is 10.9 Å². The highest BCUT2D eigenvalue weighted by Gasteiger charge is 2.27. The van der Waals surface area contributed by atoms with E-state index in [1.54, 1.807) is 6.92 Å². The first-order valence-electron chi connectivity index (χ1n) is 7.17. The lowest BCUT2D eigenvalue weighted by molar-refractivity contribution is 0.253. The first-order valence-corrected chi connectivity index (χ1v) is 7.17. The summed E-state index contributed by atoms with van der Waals surface area (Å²) in [6, 6.07) is 1.20. The second-order valence-electron chi connectivity index (χ2n) is 5.97. The number of aromatic amines is 1. The fourth-order valence-electron chi connectivity index (χ4n) is 3.31. The molecule has 108 valence electrons. The first-order chi connectivity index (χ1) is 9.45. The topological polar surface area (TPSA) is 75.6 Å². The molecule has 1 saturated heterocycles. The number of piperidine rings is 1. The molecule has 0 spiro atoms. The highest BCUT2D eigenvalue weighted by Crippen LogP contribution is 2.27. The van der Waals surface area contributed by atoms with Crippen LogP contribution in [0, 0.1) is 13.8 Å². The molecule has 3 heterocycles. The molecule has 0 radical (unpaired) electrons. The lowest BCUT2D eigenvalue weighted by Gasteiger charge is -2.33. The van der Waals surface area contributed by atoms with Gasteiger partial charge in [-0.05, 0) is 40.5 Å². The van der Waals surface area contributed by atoms with Crippen LogP contribution in [-0.2, 0) is 0 Å². The zero-order valence-corrected chi connectivity index (χ0v) is 12.4. The van der Waals surface area contributed by atoms with Gasteiger partial charge >= 0.3 is 0 Å². The van der Waals surface area contributed by atoms with Gasteiger partial charge in [0, 0.05) is 12.1 Å². The normalized spacial score (nSPS) is 27.1. The van der Waals surface area contributed by atoms with Crippen molar-refractivity contribution in [3.63, 3.8) is 0 Å². The van der Waals surface area contributed by atoms with Gasteiger partial charge in [0.25, 0.3) is 5.56 Å². The highest BCUT2D eigenvalue weighted by atomic mass is 16.1. The molecule has 1 unspecified atom stereocenters. The molecule has 0 bridgehead atoms. The SMILES string of the molecule is Cc1nc2c(c(C)nn2C2C[C@@H](C)N[C@@H](C)C2)c(=O)[nH]1. The van der Waals surface area contributed by atoms with Crippen LogP contribution in [0.5, 0.6) is 0 Å². The third-order valence-corrected chi connectivity index (χ3v) is 4.02. The Bertz CT molecular complexity index is 691. The van der Waals surface area contributed by atoms with Gasteiger partial charge in [0.15, 0.2) is 5.65 Å². The van der Waals surface area contributed by atoms with Crippen LogP contribution in [0.4, 0.5) is 0 Å². The number of hydrogen-bond acceptors (Lipinski definition) is 4. The Hall–Kier alpha value is -1.69. The lowest BCUT2D eigenvalue weighted by atomic mass is 9.95. The second kappa shape index (κ2) is 4.70. The van der Waals surface area contributed by atoms with Crippen LogP contribution in [0.15, 0.2) is 4.79 Å². The van der Waals surface area contributed by atoms with E-state index in [9.17, 15) is 4.79 Å². The van der Waals surface area contributed by atoms with Gasteiger partial charge in [-0.15, -0.1) is 0 Å². The van der Waals surface area contributed by atoms with Crippen molar-refractivity contribution in [2.75, 3.05) is 0 Å². The average Bonchev–Trinajstić information content (AvgIpc) is 2.65. The van der Waals surface area contributed by atoms with E-state index in [0.29, 0.717) is 29.3 Å². The summed E-state index contributed by atoms with van der Waals surface area (Å²) in [5, 5.41) is 8.74. The molecule has 6 nitrogen and oxygen atoms in total. The fraction of sp³-hybridized carbons (Fsp3) is 0.643. The van der Waals surface area contributed by atoms with Crippen molar-refractivity contribution in [2.45, 2.75) is 58.7 Å². The largest absolute Gasteiger partial charge is 0.312 e. The van der Waals surface area contributed by atoms with Crippen molar-refractivity contribution in [3.8, 4) is 0 Å². The molecule has 1 aliphatic heterocycles. The molecule has 2 aromatic heterocycles. The summed E-state index contributed by atoms with van der Waals surface area (Å²) in [6.07, 6.45) is 2.02. The predicted molar refractivity (Wildman–Crippen MR) is 78.0 cm³/mol. The van der Waals surface area contributed by atoms with E-state index in [0.717, 1.165) is 24.2 Å². The van der Waals surface area contributed by atoms with Crippen molar-refractivity contribution >= 4 is 11.0 Å². The third kappa shape index (κ3) is 2.14. The molecular formula is C14H21N5O. The summed E-state index contributed by atoms with van der Waals surface area (Å²) < 4.78 is 1.96. The minimum atomic E-state index is -0.0914. The molecule has 2 aromatic rings. The molecule has 3 atom stereocenters. The molecule has 20 heavy (non-hydrogen) atoms. The molecule has 3 rings (SSSR count). The summed E-state index contributed by atoms with van der Waals surface area (Å²) in [7, 11) is 0. The van der Waals surface area contributed by atoms with Crippen LogP contribution in [0.1, 0.15) is 44.2 Å². The number of H-pyrrole nitrogens is 1. The lowest BCUT2D eigenvalue weighted by Crippen LogP contribution is -2.43. The smallest absolute Gasteiger partial charge is 0.262 e. The maximum absolute atomic E-state index is 12.1. The monoisotopic (exact) mass is 275 g/mol. The van der Waals surface area contributed by atoms with Crippen LogP contribution in [0.25, 0.3) is 11.0 Å². The van der Waals surface area contributed by atoms with E-state index >= 15 is 0 Å². The Kier molecular flexibility index (Phi) is 3.12. The van der Waals surface area contributed by atoms with Gasteiger partial charge in [-0.3, -0.25) is 4.79 Å². The van der Waals surface area contributed by atoms with Crippen LogP contribution in [0.2, 0.25) is 0 Å². The Morgan fingerprint density at radius 1 is 1.20 bits per heavy atom. The number of rotatable bonds is 1. The molecule has 0 saturated carbocycles. The van der Waals surface area contributed by atoms with E-state index < -0.39 is 0 Å². The number of nitrogens with zero attached hydrogens (tertiary/aromatic N) is 3. The fourth-order valence-corrected chi connectivity index (χ4v) is 3.31. The highest BCUT2D eigenvalue weighted by molar-refractivity contribution is 5.77. The Morgan fingerprint density at radius 3 is 2.50 bits per heavy atom. The zero-order chi connectivity index (χ0) is 14.4. The molecule has 0 amide bonds. The minimum absolute atomic E-state index is 0.0914. The molecule has 2 N–H and O–H groups in total. The summed E-state index contributed by atoms with van der Waals surface area (Å²) in [5.41, 5.74) is 1.38. The number of aryl methyl sites for hydroxylation is 2. The third-order valence-electron chi connectivity index (χ3n) is 4.02. The van der Waals surface area contributed by atoms with Gasteiger partial charge < -0.3 is 10.3 Å². The van der Waals surface area contributed by atoms with E-state index in [1.165, 1.54) is 0 Å². The van der Waals surface area contributed by atoms with Crippen molar-refractivity contribution in [3.05, 3.63) is 21.9 Å². The van der Waals surface area contributed by atoms with Gasteiger partial charge in [-0.2, -0.15) is 5.10 Å². The second-order valence-corrected chi connectivity index (χ2v) is 5.97. The Labute approximate surface area is 117 Å². The zero-order valence-electron chi connectivity index (χ0n) is 12.4. The average molecular weight is 275 g/mol. The van der Waals surface area contributed by atoms with E-state index in [1.807, 2.05) is 11.6 Å². The number of hydrogen-bond donors (Lipinski definition) is 2. The van der Waals surface area contributed by atoms with Crippen molar-refractivity contribution in [2.24, 2.45) is 0 Å². The maximum Gasteiger partial charge on any atom is 0.262 e. The van der Waals surface area contributed by atoms with Gasteiger partial charge in [-0.1, -0.05) is 0 Å². The van der Waals surface area contributed by atoms with E-state index in [-0.39, 0.29) is 5.56 Å². The van der Waals surface area contributed by atoms with Crippen molar-refractivity contribution in [1.29, 1.82) is 0 Å². The molecule has 6 heteroatoms. The van der Waals surface area contributed by atoms with E-state index in [2.05, 4.69) is 34.2 Å². The first kappa shape index (κ1) is 13.3. The summed E-state index contributed by atoms with van der Waals surface area (Å²) >= 11 is 0. The molecule has 1 fully saturated rings. The van der Waals surface area contributed by atoms with Gasteiger partial charge in [0.1, 0.15) is 11.2 Å². The molecule has 1 aliphatic rings. The summed E-state index contributed by atoms with van der Waals surface area (Å²) in [5.74, 6) is 0.638. The van der Waals surface area contributed by atoms with Gasteiger partial charge in [0.2, 0.25) is 0 Å². The molecule has 0 aromatic carbocycles.